The molecule has 0 N–H and O–H groups in total. The summed E-state index contributed by atoms with van der Waals surface area (Å²) in [6.45, 7) is 12.6. The lowest BCUT2D eigenvalue weighted by Gasteiger charge is -1.99. The number of hydrogen-bond acceptors (Lipinski definition) is 0. The van der Waals surface area contributed by atoms with E-state index in [0.717, 1.165) is 0 Å². The van der Waals surface area contributed by atoms with Gasteiger partial charge in [-0.05, 0) is 25.7 Å². The molecule has 0 spiro atoms. The van der Waals surface area contributed by atoms with E-state index in [0.29, 0.717) is 0 Å². The fourth-order valence-electron chi connectivity index (χ4n) is 2.50. The van der Waals surface area contributed by atoms with Gasteiger partial charge in [0.15, 0.2) is 0 Å². The number of allylic oxidation sites excluding steroid dienone is 2. The summed E-state index contributed by atoms with van der Waals surface area (Å²) in [5, 5.41) is 0. The van der Waals surface area contributed by atoms with Crippen LogP contribution in [0.4, 0.5) is 0 Å². The third-order valence-corrected chi connectivity index (χ3v) is 3.87. The van der Waals surface area contributed by atoms with Gasteiger partial charge in [0.1, 0.15) is 0 Å². The molecule has 0 aromatic rings. The molecule has 0 amide bonds. The second kappa shape index (κ2) is 33.4. The summed E-state index contributed by atoms with van der Waals surface area (Å²) in [7, 11) is 0. The minimum Gasteiger partial charge on any atom is -0.0885 e. The van der Waals surface area contributed by atoms with Gasteiger partial charge in [0.25, 0.3) is 0 Å². The van der Waals surface area contributed by atoms with Crippen LogP contribution < -0.4 is 0 Å². The van der Waals surface area contributed by atoms with Crippen LogP contribution in [0.3, 0.4) is 0 Å². The van der Waals surface area contributed by atoms with E-state index in [2.05, 4.69) is 26.0 Å². The zero-order chi connectivity index (χ0) is 18.0. The van der Waals surface area contributed by atoms with Crippen molar-refractivity contribution in [2.24, 2.45) is 0 Å². The number of rotatable bonds is 15. The molecule has 0 heteroatoms. The van der Waals surface area contributed by atoms with E-state index in [9.17, 15) is 0 Å². The first-order chi connectivity index (χ1) is 11.4. The smallest absolute Gasteiger partial charge is 0.0351 e. The molecule has 0 aromatic carbocycles. The Morgan fingerprint density at radius 2 is 0.652 bits per heavy atom. The SMILES string of the molecule is CC.CC.CCCCCCCC/C=C\CCCCCCCCC. The Hall–Kier alpha value is -0.260. The molecule has 0 nitrogen and oxygen atoms in total. The van der Waals surface area contributed by atoms with Crippen molar-refractivity contribution in [2.45, 2.75) is 138 Å². The van der Waals surface area contributed by atoms with Crippen molar-refractivity contribution in [1.82, 2.24) is 0 Å². The van der Waals surface area contributed by atoms with Crippen LogP contribution >= 0.6 is 0 Å². The molecular formula is C23H50. The molecule has 0 aromatic heterocycles. The summed E-state index contributed by atoms with van der Waals surface area (Å²) in [4.78, 5) is 0. The molecule has 0 fully saturated rings. The molecule has 0 aliphatic heterocycles. The van der Waals surface area contributed by atoms with Crippen LogP contribution in [-0.4, -0.2) is 0 Å². The Kier molecular flexibility index (Phi) is 40.0. The standard InChI is InChI=1S/C19H38.2C2H6/c1-3-5-7-9-11-13-15-17-19-18-16-14-12-10-8-6-4-2;2*1-2/h17,19H,3-16,18H2,1-2H3;2*1-2H3/b19-17-;;. The zero-order valence-electron chi connectivity index (χ0n) is 17.8. The summed E-state index contributed by atoms with van der Waals surface area (Å²) >= 11 is 0. The minimum absolute atomic E-state index is 1.31. The van der Waals surface area contributed by atoms with Crippen molar-refractivity contribution in [3.8, 4) is 0 Å². The number of unbranched alkanes of at least 4 members (excludes halogenated alkanes) is 13. The highest BCUT2D eigenvalue weighted by Crippen LogP contribution is 2.10. The van der Waals surface area contributed by atoms with E-state index in [1.54, 1.807) is 0 Å². The maximum Gasteiger partial charge on any atom is -0.0351 e. The lowest BCUT2D eigenvalue weighted by molar-refractivity contribution is 0.591. The van der Waals surface area contributed by atoms with Crippen molar-refractivity contribution >= 4 is 0 Å². The summed E-state index contributed by atoms with van der Waals surface area (Å²) in [5.74, 6) is 0. The highest BCUT2D eigenvalue weighted by Gasteiger charge is 1.90. The highest BCUT2D eigenvalue weighted by molar-refractivity contribution is 4.81. The quantitative estimate of drug-likeness (QED) is 0.207. The van der Waals surface area contributed by atoms with Gasteiger partial charge in [-0.3, -0.25) is 0 Å². The second-order valence-corrected chi connectivity index (χ2v) is 5.94. The second-order valence-electron chi connectivity index (χ2n) is 5.94. The first-order valence-electron chi connectivity index (χ1n) is 11.1. The summed E-state index contributed by atoms with van der Waals surface area (Å²) in [6.07, 6.45) is 25.9. The van der Waals surface area contributed by atoms with E-state index in [1.165, 1.54) is 96.3 Å². The Morgan fingerprint density at radius 1 is 0.391 bits per heavy atom. The van der Waals surface area contributed by atoms with Gasteiger partial charge in [0.05, 0.1) is 0 Å². The van der Waals surface area contributed by atoms with Gasteiger partial charge in [0.2, 0.25) is 0 Å². The highest BCUT2D eigenvalue weighted by atomic mass is 14.0. The van der Waals surface area contributed by atoms with Gasteiger partial charge in [0, 0.05) is 0 Å². The predicted octanol–water partition coefficient (Wildman–Crippen LogP) is 9.49. The molecule has 0 bridgehead atoms. The van der Waals surface area contributed by atoms with Gasteiger partial charge in [-0.25, -0.2) is 0 Å². The molecule has 0 atom stereocenters. The average Bonchev–Trinajstić information content (AvgIpc) is 2.62. The lowest BCUT2D eigenvalue weighted by atomic mass is 10.1. The van der Waals surface area contributed by atoms with Crippen LogP contribution in [0.25, 0.3) is 0 Å². The first-order valence-corrected chi connectivity index (χ1v) is 11.1. The van der Waals surface area contributed by atoms with Crippen molar-refractivity contribution < 1.29 is 0 Å². The molecule has 0 unspecified atom stereocenters. The van der Waals surface area contributed by atoms with Crippen molar-refractivity contribution in [2.75, 3.05) is 0 Å². The van der Waals surface area contributed by atoms with Gasteiger partial charge in [-0.1, -0.05) is 124 Å². The zero-order valence-corrected chi connectivity index (χ0v) is 17.8. The molecule has 0 saturated carbocycles. The molecule has 23 heavy (non-hydrogen) atoms. The maximum absolute atomic E-state index is 2.41. The van der Waals surface area contributed by atoms with Crippen LogP contribution in [0, 0.1) is 0 Å². The van der Waals surface area contributed by atoms with Crippen LogP contribution in [0.2, 0.25) is 0 Å². The molecule has 0 aliphatic rings. The van der Waals surface area contributed by atoms with Gasteiger partial charge in [-0.15, -0.1) is 0 Å². The predicted molar refractivity (Wildman–Crippen MR) is 112 cm³/mol. The van der Waals surface area contributed by atoms with E-state index in [1.807, 2.05) is 27.7 Å². The summed E-state index contributed by atoms with van der Waals surface area (Å²) < 4.78 is 0. The van der Waals surface area contributed by atoms with Crippen molar-refractivity contribution in [3.63, 3.8) is 0 Å². The molecule has 0 rings (SSSR count). The van der Waals surface area contributed by atoms with Crippen LogP contribution in [0.15, 0.2) is 12.2 Å². The van der Waals surface area contributed by atoms with Crippen molar-refractivity contribution in [3.05, 3.63) is 12.2 Å². The largest absolute Gasteiger partial charge is 0.0885 e. The molecule has 0 saturated heterocycles. The van der Waals surface area contributed by atoms with Crippen LogP contribution in [0.5, 0.6) is 0 Å². The van der Waals surface area contributed by atoms with Crippen molar-refractivity contribution in [1.29, 1.82) is 0 Å². The first kappa shape index (κ1) is 27.6. The Bertz CT molecular complexity index is 169. The van der Waals surface area contributed by atoms with E-state index < -0.39 is 0 Å². The fourth-order valence-corrected chi connectivity index (χ4v) is 2.50. The van der Waals surface area contributed by atoms with E-state index >= 15 is 0 Å². The average molecular weight is 327 g/mol. The Balaban J connectivity index is -0.000000919. The third-order valence-electron chi connectivity index (χ3n) is 3.87. The maximum atomic E-state index is 2.41. The molecule has 0 aliphatic carbocycles. The third kappa shape index (κ3) is 34.2. The Labute approximate surface area is 150 Å². The van der Waals surface area contributed by atoms with E-state index in [4.69, 9.17) is 0 Å². The van der Waals surface area contributed by atoms with Gasteiger partial charge < -0.3 is 0 Å². The van der Waals surface area contributed by atoms with Crippen LogP contribution in [0.1, 0.15) is 138 Å². The van der Waals surface area contributed by atoms with E-state index in [-0.39, 0.29) is 0 Å². The topological polar surface area (TPSA) is 0 Å². The summed E-state index contributed by atoms with van der Waals surface area (Å²) in [6, 6.07) is 0. The normalized spacial score (nSPS) is 10.0. The molecular weight excluding hydrogens is 276 g/mol. The minimum atomic E-state index is 1.31. The molecule has 142 valence electrons. The monoisotopic (exact) mass is 326 g/mol. The van der Waals surface area contributed by atoms with Crippen LogP contribution in [-0.2, 0) is 0 Å². The Morgan fingerprint density at radius 3 is 0.957 bits per heavy atom. The van der Waals surface area contributed by atoms with Gasteiger partial charge >= 0.3 is 0 Å². The lowest BCUT2D eigenvalue weighted by Crippen LogP contribution is -1.79. The molecule has 0 radical (unpaired) electrons. The van der Waals surface area contributed by atoms with Gasteiger partial charge in [-0.2, -0.15) is 0 Å². The number of hydrogen-bond donors (Lipinski definition) is 0. The fraction of sp³-hybridized carbons (Fsp3) is 0.913. The summed E-state index contributed by atoms with van der Waals surface area (Å²) in [5.41, 5.74) is 0. The molecule has 0 heterocycles.